The lowest BCUT2D eigenvalue weighted by Crippen LogP contribution is -2.53. The first kappa shape index (κ1) is 14.7. The number of anilines is 1. The summed E-state index contributed by atoms with van der Waals surface area (Å²) in [5.74, 6) is -0.130. The minimum Gasteiger partial charge on any atom is -0.335 e. The van der Waals surface area contributed by atoms with Crippen molar-refractivity contribution in [2.75, 3.05) is 18.6 Å². The van der Waals surface area contributed by atoms with E-state index in [4.69, 9.17) is 0 Å². The molecule has 6 heteroatoms. The van der Waals surface area contributed by atoms with Crippen LogP contribution in [0.15, 0.2) is 30.3 Å². The molecule has 0 aromatic heterocycles. The lowest BCUT2D eigenvalue weighted by molar-refractivity contribution is -0.124. The standard InChI is InChI=1S/C16H22N4O2/c1-19(13-6-3-2-4-7-13)18-15(21)14-8-5-11-20(14)16(22)17-12-9-10-12/h2-4,6-7,12,14H,5,8-11H2,1H3,(H,17,22)(H,18,21). The Morgan fingerprint density at radius 1 is 1.18 bits per heavy atom. The van der Waals surface area contributed by atoms with Gasteiger partial charge in [0.25, 0.3) is 5.91 Å². The van der Waals surface area contributed by atoms with Crippen LogP contribution in [-0.2, 0) is 4.79 Å². The van der Waals surface area contributed by atoms with E-state index in [2.05, 4.69) is 10.7 Å². The van der Waals surface area contributed by atoms with E-state index in [-0.39, 0.29) is 18.0 Å². The smallest absolute Gasteiger partial charge is 0.318 e. The normalized spacial score (nSPS) is 20.6. The van der Waals surface area contributed by atoms with Crippen LogP contribution in [0, 0.1) is 0 Å². The van der Waals surface area contributed by atoms with Gasteiger partial charge in [-0.3, -0.25) is 15.2 Å². The van der Waals surface area contributed by atoms with E-state index in [1.54, 1.807) is 17.0 Å². The quantitative estimate of drug-likeness (QED) is 0.828. The van der Waals surface area contributed by atoms with E-state index in [0.717, 1.165) is 24.9 Å². The van der Waals surface area contributed by atoms with Crippen molar-refractivity contribution in [1.82, 2.24) is 15.6 Å². The summed E-state index contributed by atoms with van der Waals surface area (Å²) in [7, 11) is 1.80. The molecule has 1 aromatic carbocycles. The maximum atomic E-state index is 12.5. The number of para-hydroxylation sites is 1. The number of benzene rings is 1. The maximum absolute atomic E-state index is 12.5. The van der Waals surface area contributed by atoms with Crippen LogP contribution in [0.25, 0.3) is 0 Å². The molecule has 1 heterocycles. The van der Waals surface area contributed by atoms with E-state index in [9.17, 15) is 9.59 Å². The highest BCUT2D eigenvalue weighted by atomic mass is 16.2. The summed E-state index contributed by atoms with van der Waals surface area (Å²) in [6, 6.07) is 9.43. The molecule has 0 radical (unpaired) electrons. The predicted octanol–water partition coefficient (Wildman–Crippen LogP) is 1.49. The predicted molar refractivity (Wildman–Crippen MR) is 84.3 cm³/mol. The van der Waals surface area contributed by atoms with Gasteiger partial charge in [0, 0.05) is 19.6 Å². The van der Waals surface area contributed by atoms with Crippen LogP contribution in [0.2, 0.25) is 0 Å². The van der Waals surface area contributed by atoms with Crippen LogP contribution in [0.5, 0.6) is 0 Å². The molecule has 6 nitrogen and oxygen atoms in total. The highest BCUT2D eigenvalue weighted by Gasteiger charge is 2.36. The molecule has 3 amide bonds. The van der Waals surface area contributed by atoms with Crippen molar-refractivity contribution in [2.45, 2.75) is 37.8 Å². The van der Waals surface area contributed by atoms with Crippen molar-refractivity contribution in [3.63, 3.8) is 0 Å². The molecule has 22 heavy (non-hydrogen) atoms. The van der Waals surface area contributed by atoms with E-state index < -0.39 is 0 Å². The third-order valence-corrected chi connectivity index (χ3v) is 4.14. The first-order valence-corrected chi connectivity index (χ1v) is 7.81. The zero-order valence-corrected chi connectivity index (χ0v) is 12.8. The Hall–Kier alpha value is -2.24. The number of rotatable bonds is 4. The number of nitrogens with one attached hydrogen (secondary N) is 2. The van der Waals surface area contributed by atoms with Gasteiger partial charge >= 0.3 is 6.03 Å². The van der Waals surface area contributed by atoms with Crippen molar-refractivity contribution in [2.24, 2.45) is 0 Å². The second-order valence-corrected chi connectivity index (χ2v) is 5.95. The van der Waals surface area contributed by atoms with Gasteiger partial charge in [0.2, 0.25) is 0 Å². The molecule has 1 atom stereocenters. The average Bonchev–Trinajstić information content (AvgIpc) is 3.19. The zero-order chi connectivity index (χ0) is 15.5. The summed E-state index contributed by atoms with van der Waals surface area (Å²) < 4.78 is 0. The monoisotopic (exact) mass is 302 g/mol. The van der Waals surface area contributed by atoms with Gasteiger partial charge in [0.1, 0.15) is 6.04 Å². The number of hydrazine groups is 1. The molecular weight excluding hydrogens is 280 g/mol. The minimum absolute atomic E-state index is 0.109. The molecule has 1 saturated carbocycles. The number of hydrogen-bond acceptors (Lipinski definition) is 3. The topological polar surface area (TPSA) is 64.7 Å². The molecule has 2 N–H and O–H groups in total. The molecule has 2 fully saturated rings. The fraction of sp³-hybridized carbons (Fsp3) is 0.500. The van der Waals surface area contributed by atoms with Gasteiger partial charge in [0.05, 0.1) is 5.69 Å². The zero-order valence-electron chi connectivity index (χ0n) is 12.8. The van der Waals surface area contributed by atoms with Gasteiger partial charge in [0.15, 0.2) is 0 Å². The van der Waals surface area contributed by atoms with Crippen LogP contribution < -0.4 is 15.8 Å². The SMILES string of the molecule is CN(NC(=O)C1CCCN1C(=O)NC1CC1)c1ccccc1. The number of likely N-dealkylation sites (tertiary alicyclic amines) is 1. The number of nitrogens with zero attached hydrogens (tertiary/aromatic N) is 2. The van der Waals surface area contributed by atoms with Crippen molar-refractivity contribution in [3.05, 3.63) is 30.3 Å². The molecule has 0 spiro atoms. The van der Waals surface area contributed by atoms with Crippen LogP contribution in [0.1, 0.15) is 25.7 Å². The lowest BCUT2D eigenvalue weighted by atomic mass is 10.2. The maximum Gasteiger partial charge on any atom is 0.318 e. The number of hydrogen-bond donors (Lipinski definition) is 2. The molecule has 118 valence electrons. The number of carbonyl (C=O) groups excluding carboxylic acids is 2. The first-order chi connectivity index (χ1) is 10.6. The third kappa shape index (κ3) is 3.32. The van der Waals surface area contributed by atoms with E-state index in [1.165, 1.54) is 0 Å². The Morgan fingerprint density at radius 2 is 1.91 bits per heavy atom. The Bertz CT molecular complexity index is 544. The van der Waals surface area contributed by atoms with Gasteiger partial charge in [-0.25, -0.2) is 4.79 Å². The Balaban J connectivity index is 1.59. The first-order valence-electron chi connectivity index (χ1n) is 7.81. The fourth-order valence-corrected chi connectivity index (χ4v) is 2.72. The van der Waals surface area contributed by atoms with Crippen LogP contribution >= 0.6 is 0 Å². The van der Waals surface area contributed by atoms with Gasteiger partial charge in [-0.2, -0.15) is 0 Å². The van der Waals surface area contributed by atoms with Crippen LogP contribution in [-0.4, -0.2) is 42.5 Å². The van der Waals surface area contributed by atoms with Gasteiger partial charge in [-0.15, -0.1) is 0 Å². The lowest BCUT2D eigenvalue weighted by Gasteiger charge is -2.27. The second-order valence-electron chi connectivity index (χ2n) is 5.95. The summed E-state index contributed by atoms with van der Waals surface area (Å²) in [5, 5.41) is 4.65. The van der Waals surface area contributed by atoms with Crippen LogP contribution in [0.4, 0.5) is 10.5 Å². The molecule has 1 unspecified atom stereocenters. The summed E-state index contributed by atoms with van der Waals surface area (Å²) in [4.78, 5) is 26.3. The molecule has 0 bridgehead atoms. The van der Waals surface area contributed by atoms with Gasteiger partial charge in [-0.1, -0.05) is 18.2 Å². The Labute approximate surface area is 130 Å². The third-order valence-electron chi connectivity index (χ3n) is 4.14. The van der Waals surface area contributed by atoms with Crippen molar-refractivity contribution >= 4 is 17.6 Å². The highest BCUT2D eigenvalue weighted by Crippen LogP contribution is 2.22. The number of urea groups is 1. The largest absolute Gasteiger partial charge is 0.335 e. The highest BCUT2D eigenvalue weighted by molar-refractivity contribution is 5.88. The molecule has 1 aliphatic carbocycles. The van der Waals surface area contributed by atoms with Gasteiger partial charge in [-0.05, 0) is 37.8 Å². The molecule has 1 aliphatic heterocycles. The number of carbonyl (C=O) groups is 2. The summed E-state index contributed by atoms with van der Waals surface area (Å²) in [6.07, 6.45) is 3.68. The van der Waals surface area contributed by atoms with E-state index >= 15 is 0 Å². The van der Waals surface area contributed by atoms with Gasteiger partial charge < -0.3 is 10.2 Å². The van der Waals surface area contributed by atoms with Crippen molar-refractivity contribution in [1.29, 1.82) is 0 Å². The molecule has 1 saturated heterocycles. The molecule has 3 rings (SSSR count). The van der Waals surface area contributed by atoms with Crippen molar-refractivity contribution in [3.8, 4) is 0 Å². The van der Waals surface area contributed by atoms with E-state index in [1.807, 2.05) is 30.3 Å². The fourth-order valence-electron chi connectivity index (χ4n) is 2.72. The minimum atomic E-state index is -0.384. The Morgan fingerprint density at radius 3 is 2.59 bits per heavy atom. The molecular formula is C16H22N4O2. The number of amides is 3. The van der Waals surface area contributed by atoms with Crippen LogP contribution in [0.3, 0.4) is 0 Å². The average molecular weight is 302 g/mol. The van der Waals surface area contributed by atoms with E-state index in [0.29, 0.717) is 19.0 Å². The summed E-state index contributed by atoms with van der Waals surface area (Å²) in [5.41, 5.74) is 3.77. The molecule has 2 aliphatic rings. The second kappa shape index (κ2) is 6.25. The van der Waals surface area contributed by atoms with Crippen molar-refractivity contribution < 1.29 is 9.59 Å². The Kier molecular flexibility index (Phi) is 4.18. The summed E-state index contributed by atoms with van der Waals surface area (Å²) in [6.45, 7) is 0.645. The molecule has 1 aromatic rings. The summed E-state index contributed by atoms with van der Waals surface area (Å²) >= 11 is 0.